The fraction of sp³-hybridized carbons (Fsp3) is 0.211. The topological polar surface area (TPSA) is 73.3 Å². The molecule has 0 bridgehead atoms. The van der Waals surface area contributed by atoms with Crippen LogP contribution in [0.5, 0.6) is 0 Å². The van der Waals surface area contributed by atoms with Gasteiger partial charge < -0.3 is 5.32 Å². The molecule has 1 unspecified atom stereocenters. The van der Waals surface area contributed by atoms with Crippen LogP contribution in [-0.4, -0.2) is 22.2 Å². The highest BCUT2D eigenvalue weighted by Crippen LogP contribution is 2.32. The molecule has 3 rings (SSSR count). The van der Waals surface area contributed by atoms with Gasteiger partial charge in [-0.3, -0.25) is 19.9 Å². The maximum Gasteiger partial charge on any atom is 0.247 e. The molecule has 1 saturated heterocycles. The molecule has 0 radical (unpaired) electrons. The molecule has 0 saturated carbocycles. The first-order valence-corrected chi connectivity index (χ1v) is 8.84. The van der Waals surface area contributed by atoms with Crippen molar-refractivity contribution in [2.75, 3.05) is 10.2 Å². The van der Waals surface area contributed by atoms with Gasteiger partial charge in [-0.05, 0) is 49.2 Å². The molecule has 0 aromatic heterocycles. The second kappa shape index (κ2) is 7.11. The normalized spacial score (nSPS) is 17.0. The van der Waals surface area contributed by atoms with Crippen molar-refractivity contribution >= 4 is 40.1 Å². The number of amides is 2. The fourth-order valence-electron chi connectivity index (χ4n) is 2.86. The number of anilines is 2. The van der Waals surface area contributed by atoms with Crippen molar-refractivity contribution in [3.05, 3.63) is 59.7 Å². The molecule has 0 spiro atoms. The molecular formula is C19H19N3O2S. The second-order valence-electron chi connectivity index (χ2n) is 6.05. The van der Waals surface area contributed by atoms with Gasteiger partial charge in [-0.15, -0.1) is 0 Å². The number of carbonyl (C=O) groups excluding carboxylic acids is 2. The van der Waals surface area contributed by atoms with Gasteiger partial charge in [0, 0.05) is 12.1 Å². The summed E-state index contributed by atoms with van der Waals surface area (Å²) < 4.78 is 0. The molecule has 0 aliphatic carbocycles. The first kappa shape index (κ1) is 17.2. The van der Waals surface area contributed by atoms with E-state index in [1.54, 1.807) is 12.1 Å². The molecule has 5 nitrogen and oxygen atoms in total. The van der Waals surface area contributed by atoms with E-state index in [9.17, 15) is 9.59 Å². The van der Waals surface area contributed by atoms with Crippen molar-refractivity contribution in [3.63, 3.8) is 0 Å². The van der Waals surface area contributed by atoms with Crippen LogP contribution in [0.1, 0.15) is 17.5 Å². The second-order valence-corrected chi connectivity index (χ2v) is 7.24. The summed E-state index contributed by atoms with van der Waals surface area (Å²) in [4.78, 5) is 26.3. The first-order valence-electron chi connectivity index (χ1n) is 7.96. The number of benzene rings is 2. The predicted octanol–water partition coefficient (Wildman–Crippen LogP) is 3.72. The highest BCUT2D eigenvalue weighted by atomic mass is 32.2. The van der Waals surface area contributed by atoms with Crippen LogP contribution in [0.25, 0.3) is 0 Å². The third kappa shape index (κ3) is 3.91. The number of aryl methyl sites for hydroxylation is 2. The van der Waals surface area contributed by atoms with Crippen molar-refractivity contribution in [1.29, 1.82) is 5.41 Å². The number of amidine groups is 1. The standard InChI is InChI=1S/C19H19N3O2S/c1-12-8-13(2)10-14(9-12)21-17(23)11-16-18(24)22(19(20)25-16)15-6-4-3-5-7-15/h3-10,16,20H,11H2,1-2H3,(H,21,23). The van der Waals surface area contributed by atoms with E-state index >= 15 is 0 Å². The highest BCUT2D eigenvalue weighted by Gasteiger charge is 2.39. The summed E-state index contributed by atoms with van der Waals surface area (Å²) in [6.45, 7) is 3.94. The molecule has 1 heterocycles. The third-order valence-electron chi connectivity index (χ3n) is 3.84. The molecule has 25 heavy (non-hydrogen) atoms. The predicted molar refractivity (Wildman–Crippen MR) is 102 cm³/mol. The lowest BCUT2D eigenvalue weighted by molar-refractivity contribution is -0.121. The van der Waals surface area contributed by atoms with Gasteiger partial charge >= 0.3 is 0 Å². The number of hydrogen-bond donors (Lipinski definition) is 2. The van der Waals surface area contributed by atoms with Gasteiger partial charge in [-0.25, -0.2) is 0 Å². The largest absolute Gasteiger partial charge is 0.326 e. The minimum atomic E-state index is -0.571. The summed E-state index contributed by atoms with van der Waals surface area (Å²) in [7, 11) is 0. The van der Waals surface area contributed by atoms with E-state index in [0.29, 0.717) is 5.69 Å². The molecular weight excluding hydrogens is 334 g/mol. The minimum absolute atomic E-state index is 0.0439. The summed E-state index contributed by atoms with van der Waals surface area (Å²) in [6, 6.07) is 14.9. The van der Waals surface area contributed by atoms with Crippen molar-refractivity contribution in [3.8, 4) is 0 Å². The molecule has 1 fully saturated rings. The average molecular weight is 353 g/mol. The van der Waals surface area contributed by atoms with Crippen LogP contribution >= 0.6 is 11.8 Å². The number of para-hydroxylation sites is 1. The summed E-state index contributed by atoms with van der Waals surface area (Å²) in [6.07, 6.45) is 0.0439. The number of carbonyl (C=O) groups is 2. The Morgan fingerprint density at radius 1 is 1.16 bits per heavy atom. The van der Waals surface area contributed by atoms with E-state index in [2.05, 4.69) is 5.32 Å². The lowest BCUT2D eigenvalue weighted by Gasteiger charge is -2.15. The Balaban J connectivity index is 1.68. The van der Waals surface area contributed by atoms with Gasteiger partial charge in [0.05, 0.1) is 5.69 Å². The average Bonchev–Trinajstić information content (AvgIpc) is 2.81. The molecule has 2 aromatic carbocycles. The molecule has 1 atom stereocenters. The van der Waals surface area contributed by atoms with Crippen LogP contribution in [-0.2, 0) is 9.59 Å². The lowest BCUT2D eigenvalue weighted by Crippen LogP contribution is -2.33. The molecule has 128 valence electrons. The highest BCUT2D eigenvalue weighted by molar-refractivity contribution is 8.16. The molecule has 2 aromatic rings. The molecule has 2 amide bonds. The molecule has 1 aliphatic rings. The van der Waals surface area contributed by atoms with Gasteiger partial charge in [-0.1, -0.05) is 36.0 Å². The maximum atomic E-state index is 12.6. The fourth-order valence-corrected chi connectivity index (χ4v) is 3.87. The summed E-state index contributed by atoms with van der Waals surface area (Å²) in [5.41, 5.74) is 3.52. The quantitative estimate of drug-likeness (QED) is 0.880. The smallest absolute Gasteiger partial charge is 0.247 e. The van der Waals surface area contributed by atoms with Crippen LogP contribution < -0.4 is 10.2 Å². The van der Waals surface area contributed by atoms with Crippen LogP contribution in [0.4, 0.5) is 11.4 Å². The third-order valence-corrected chi connectivity index (χ3v) is 4.90. The van der Waals surface area contributed by atoms with E-state index in [-0.39, 0.29) is 23.4 Å². The van der Waals surface area contributed by atoms with Crippen molar-refractivity contribution in [1.82, 2.24) is 0 Å². The molecule has 1 aliphatic heterocycles. The SMILES string of the molecule is Cc1cc(C)cc(NC(=O)CC2SC(=N)N(c3ccccc3)C2=O)c1. The van der Waals surface area contributed by atoms with Gasteiger partial charge in [0.2, 0.25) is 11.8 Å². The van der Waals surface area contributed by atoms with Crippen molar-refractivity contribution in [2.45, 2.75) is 25.5 Å². The van der Waals surface area contributed by atoms with Gasteiger partial charge in [0.25, 0.3) is 0 Å². The number of nitrogens with one attached hydrogen (secondary N) is 2. The Kier molecular flexibility index (Phi) is 4.90. The summed E-state index contributed by atoms with van der Waals surface area (Å²) in [5.74, 6) is -0.449. The van der Waals surface area contributed by atoms with Crippen LogP contribution in [0.3, 0.4) is 0 Å². The van der Waals surface area contributed by atoms with Crippen LogP contribution in [0, 0.1) is 19.3 Å². The van der Waals surface area contributed by atoms with Crippen molar-refractivity contribution in [2.24, 2.45) is 0 Å². The Labute approximate surface area is 150 Å². The van der Waals surface area contributed by atoms with Gasteiger partial charge in [0.15, 0.2) is 5.17 Å². The number of thioether (sulfide) groups is 1. The van der Waals surface area contributed by atoms with Gasteiger partial charge in [0.1, 0.15) is 5.25 Å². The summed E-state index contributed by atoms with van der Waals surface area (Å²) >= 11 is 1.12. The zero-order valence-electron chi connectivity index (χ0n) is 14.1. The maximum absolute atomic E-state index is 12.6. The molecule has 2 N–H and O–H groups in total. The Morgan fingerprint density at radius 2 is 1.80 bits per heavy atom. The minimum Gasteiger partial charge on any atom is -0.326 e. The Hall–Kier alpha value is -2.60. The monoisotopic (exact) mass is 353 g/mol. The zero-order chi connectivity index (χ0) is 18.0. The number of nitrogens with zero attached hydrogens (tertiary/aromatic N) is 1. The Bertz CT molecular complexity index is 816. The molecule has 6 heteroatoms. The van der Waals surface area contributed by atoms with E-state index in [1.165, 1.54) is 4.90 Å². The number of rotatable bonds is 4. The van der Waals surface area contributed by atoms with Crippen LogP contribution in [0.2, 0.25) is 0 Å². The lowest BCUT2D eigenvalue weighted by atomic mass is 10.1. The van der Waals surface area contributed by atoms with E-state index in [1.807, 2.05) is 50.2 Å². The van der Waals surface area contributed by atoms with E-state index in [4.69, 9.17) is 5.41 Å². The zero-order valence-corrected chi connectivity index (χ0v) is 14.9. The van der Waals surface area contributed by atoms with Gasteiger partial charge in [-0.2, -0.15) is 0 Å². The summed E-state index contributed by atoms with van der Waals surface area (Å²) in [5, 5.41) is 10.5. The van der Waals surface area contributed by atoms with Crippen molar-refractivity contribution < 1.29 is 9.59 Å². The van der Waals surface area contributed by atoms with Crippen LogP contribution in [0.15, 0.2) is 48.5 Å². The van der Waals surface area contributed by atoms with E-state index < -0.39 is 5.25 Å². The number of hydrogen-bond acceptors (Lipinski definition) is 4. The first-order chi connectivity index (χ1) is 11.9. The Morgan fingerprint density at radius 3 is 2.44 bits per heavy atom. The van der Waals surface area contributed by atoms with E-state index in [0.717, 1.165) is 28.6 Å².